The first-order chi connectivity index (χ1) is 14.5. The third-order valence-corrected chi connectivity index (χ3v) is 5.30. The number of hydrogen-bond acceptors (Lipinski definition) is 4. The molecule has 0 unspecified atom stereocenters. The fourth-order valence-electron chi connectivity index (χ4n) is 3.53. The van der Waals surface area contributed by atoms with Crippen molar-refractivity contribution in [3.8, 4) is 0 Å². The van der Waals surface area contributed by atoms with Crippen molar-refractivity contribution in [2.45, 2.75) is 26.2 Å². The second kappa shape index (κ2) is 8.55. The molecular formula is C23H20ClN3O3. The number of nitrogens with zero attached hydrogens (tertiary/aromatic N) is 1. The molecule has 6 nitrogen and oxygen atoms in total. The minimum atomic E-state index is -0.386. The Morgan fingerprint density at radius 1 is 1.00 bits per heavy atom. The smallest absolute Gasteiger partial charge is 0.291 e. The summed E-state index contributed by atoms with van der Waals surface area (Å²) in [5, 5.41) is 7.53. The molecule has 0 aliphatic heterocycles. The van der Waals surface area contributed by atoms with Crippen molar-refractivity contribution in [2.24, 2.45) is 5.10 Å². The molecule has 1 heterocycles. The molecule has 2 aromatic carbocycles. The van der Waals surface area contributed by atoms with Crippen LogP contribution in [-0.4, -0.2) is 17.5 Å². The second-order valence-corrected chi connectivity index (χ2v) is 7.41. The monoisotopic (exact) mass is 421 g/mol. The molecule has 0 bridgehead atoms. The Kier molecular flexibility index (Phi) is 5.68. The number of halogens is 1. The Balaban J connectivity index is 1.58. The normalized spacial score (nSPS) is 14.3. The minimum absolute atomic E-state index is 0.260. The summed E-state index contributed by atoms with van der Waals surface area (Å²) in [7, 11) is 0. The van der Waals surface area contributed by atoms with Crippen LogP contribution in [-0.2, 0) is 6.42 Å². The zero-order valence-corrected chi connectivity index (χ0v) is 17.1. The average Bonchev–Trinajstić information content (AvgIpc) is 3.10. The van der Waals surface area contributed by atoms with Gasteiger partial charge in [0.25, 0.3) is 11.8 Å². The number of furan rings is 1. The van der Waals surface area contributed by atoms with E-state index in [1.54, 1.807) is 24.3 Å². The van der Waals surface area contributed by atoms with Gasteiger partial charge in [0.1, 0.15) is 5.76 Å². The summed E-state index contributed by atoms with van der Waals surface area (Å²) in [6, 6.07) is 16.0. The molecule has 30 heavy (non-hydrogen) atoms. The van der Waals surface area contributed by atoms with Crippen molar-refractivity contribution in [1.29, 1.82) is 0 Å². The van der Waals surface area contributed by atoms with Gasteiger partial charge in [-0.05, 0) is 44.0 Å². The number of nitrogens with one attached hydrogen (secondary N) is 2. The van der Waals surface area contributed by atoms with Crippen molar-refractivity contribution >= 4 is 34.8 Å². The molecule has 0 saturated heterocycles. The van der Waals surface area contributed by atoms with Crippen molar-refractivity contribution in [3.63, 3.8) is 0 Å². The predicted molar refractivity (Wildman–Crippen MR) is 116 cm³/mol. The molecule has 152 valence electrons. The molecule has 1 aliphatic rings. The first kappa shape index (κ1) is 19.9. The summed E-state index contributed by atoms with van der Waals surface area (Å²) in [5.41, 5.74) is 5.82. The molecule has 3 aromatic rings. The van der Waals surface area contributed by atoms with Gasteiger partial charge in [-0.25, -0.2) is 5.43 Å². The van der Waals surface area contributed by atoms with E-state index in [1.165, 1.54) is 0 Å². The maximum Gasteiger partial charge on any atom is 0.291 e. The number of hydrogen-bond donors (Lipinski definition) is 2. The molecule has 1 aromatic heterocycles. The van der Waals surface area contributed by atoms with Gasteiger partial charge < -0.3 is 9.73 Å². The van der Waals surface area contributed by atoms with Gasteiger partial charge in [-0.2, -0.15) is 5.10 Å². The summed E-state index contributed by atoms with van der Waals surface area (Å²) < 4.78 is 5.89. The van der Waals surface area contributed by atoms with E-state index in [2.05, 4.69) is 15.8 Å². The van der Waals surface area contributed by atoms with Gasteiger partial charge in [-0.3, -0.25) is 9.59 Å². The Bertz CT molecular complexity index is 1140. The Morgan fingerprint density at radius 2 is 1.73 bits per heavy atom. The maximum absolute atomic E-state index is 12.7. The van der Waals surface area contributed by atoms with Crippen LogP contribution in [0.15, 0.2) is 64.1 Å². The number of para-hydroxylation sites is 1. The van der Waals surface area contributed by atoms with E-state index in [9.17, 15) is 9.59 Å². The van der Waals surface area contributed by atoms with E-state index in [-0.39, 0.29) is 17.6 Å². The molecule has 0 radical (unpaired) electrons. The first-order valence-electron chi connectivity index (χ1n) is 9.65. The fourth-order valence-corrected chi connectivity index (χ4v) is 3.75. The van der Waals surface area contributed by atoms with Crippen LogP contribution < -0.4 is 10.7 Å². The van der Waals surface area contributed by atoms with Crippen LogP contribution in [0.25, 0.3) is 0 Å². The number of amides is 2. The van der Waals surface area contributed by atoms with Gasteiger partial charge in [-0.1, -0.05) is 41.9 Å². The first-order valence-corrected chi connectivity index (χ1v) is 10.0. The largest absolute Gasteiger partial charge is 0.455 e. The standard InChI is InChI=1S/C23H20ClN3O3/c1-14-20-18(26-27-22(28)16-10-5-6-11-17(16)24)12-7-13-19(20)30-21(14)23(29)25-15-8-3-2-4-9-15/h2-6,8-11H,7,12-13H2,1H3,(H,25,29)(H,27,28)/b26-18+. The summed E-state index contributed by atoms with van der Waals surface area (Å²) in [4.78, 5) is 25.2. The predicted octanol–water partition coefficient (Wildman–Crippen LogP) is 4.96. The molecular weight excluding hydrogens is 402 g/mol. The fraction of sp³-hybridized carbons (Fsp3) is 0.174. The molecule has 0 atom stereocenters. The van der Waals surface area contributed by atoms with Crippen molar-refractivity contribution in [3.05, 3.63) is 87.8 Å². The van der Waals surface area contributed by atoms with Gasteiger partial charge in [0.2, 0.25) is 0 Å². The molecule has 0 fully saturated rings. The van der Waals surface area contributed by atoms with Crippen LogP contribution in [0.4, 0.5) is 5.69 Å². The lowest BCUT2D eigenvalue weighted by Crippen LogP contribution is -2.22. The van der Waals surface area contributed by atoms with Crippen LogP contribution in [0.3, 0.4) is 0 Å². The average molecular weight is 422 g/mol. The zero-order valence-electron chi connectivity index (χ0n) is 16.4. The highest BCUT2D eigenvalue weighted by atomic mass is 35.5. The number of carbonyl (C=O) groups is 2. The second-order valence-electron chi connectivity index (χ2n) is 7.01. The van der Waals surface area contributed by atoms with Crippen LogP contribution in [0, 0.1) is 6.92 Å². The number of aryl methyl sites for hydroxylation is 1. The minimum Gasteiger partial charge on any atom is -0.455 e. The highest BCUT2D eigenvalue weighted by molar-refractivity contribution is 6.33. The number of rotatable bonds is 4. The summed E-state index contributed by atoms with van der Waals surface area (Å²) in [5.74, 6) is 0.273. The third kappa shape index (κ3) is 4.00. The quantitative estimate of drug-likeness (QED) is 0.583. The highest BCUT2D eigenvalue weighted by Gasteiger charge is 2.28. The van der Waals surface area contributed by atoms with Crippen molar-refractivity contribution < 1.29 is 14.0 Å². The zero-order chi connectivity index (χ0) is 21.1. The third-order valence-electron chi connectivity index (χ3n) is 4.97. The number of fused-ring (bicyclic) bond motifs is 1. The lowest BCUT2D eigenvalue weighted by atomic mass is 9.93. The van der Waals surface area contributed by atoms with E-state index in [0.717, 1.165) is 12.0 Å². The molecule has 7 heteroatoms. The number of anilines is 1. The summed E-state index contributed by atoms with van der Waals surface area (Å²) in [6.07, 6.45) is 2.21. The van der Waals surface area contributed by atoms with Crippen LogP contribution in [0.1, 0.15) is 50.6 Å². The maximum atomic E-state index is 12.7. The van der Waals surface area contributed by atoms with Gasteiger partial charge in [-0.15, -0.1) is 0 Å². The van der Waals surface area contributed by atoms with Crippen molar-refractivity contribution in [2.75, 3.05) is 5.32 Å². The Labute approximate surface area is 178 Å². The van der Waals surface area contributed by atoms with E-state index < -0.39 is 0 Å². The van der Waals surface area contributed by atoms with Crippen LogP contribution >= 0.6 is 11.6 Å². The van der Waals surface area contributed by atoms with Crippen LogP contribution in [0.5, 0.6) is 0 Å². The SMILES string of the molecule is Cc1c(C(=O)Nc2ccccc2)oc2c1/C(=N/NC(=O)c1ccccc1Cl)CCC2. The van der Waals surface area contributed by atoms with Crippen molar-refractivity contribution in [1.82, 2.24) is 5.43 Å². The van der Waals surface area contributed by atoms with E-state index in [1.807, 2.05) is 37.3 Å². The van der Waals surface area contributed by atoms with E-state index in [4.69, 9.17) is 16.0 Å². The van der Waals surface area contributed by atoms with Gasteiger partial charge >= 0.3 is 0 Å². The number of benzene rings is 2. The summed E-state index contributed by atoms with van der Waals surface area (Å²) in [6.45, 7) is 1.83. The lowest BCUT2D eigenvalue weighted by Gasteiger charge is -2.13. The molecule has 2 amide bonds. The van der Waals surface area contributed by atoms with Gasteiger partial charge in [0.15, 0.2) is 5.76 Å². The van der Waals surface area contributed by atoms with E-state index >= 15 is 0 Å². The van der Waals surface area contributed by atoms with Gasteiger partial charge in [0, 0.05) is 23.2 Å². The van der Waals surface area contributed by atoms with E-state index in [0.29, 0.717) is 46.2 Å². The number of hydrazone groups is 1. The molecule has 1 aliphatic carbocycles. The molecule has 0 saturated carbocycles. The molecule has 0 spiro atoms. The van der Waals surface area contributed by atoms with Crippen LogP contribution in [0.2, 0.25) is 5.02 Å². The highest BCUT2D eigenvalue weighted by Crippen LogP contribution is 2.30. The summed E-state index contributed by atoms with van der Waals surface area (Å²) >= 11 is 6.08. The Morgan fingerprint density at radius 3 is 2.50 bits per heavy atom. The topological polar surface area (TPSA) is 83.7 Å². The lowest BCUT2D eigenvalue weighted by molar-refractivity contribution is 0.0953. The molecule has 2 N–H and O–H groups in total. The molecule has 4 rings (SSSR count). The Hall–Kier alpha value is -3.38. The van der Waals surface area contributed by atoms with Gasteiger partial charge in [0.05, 0.1) is 16.3 Å². The number of carbonyl (C=O) groups excluding carboxylic acids is 2.